The fourth-order valence-electron chi connectivity index (χ4n) is 1.88. The van der Waals surface area contributed by atoms with Gasteiger partial charge in [0.15, 0.2) is 0 Å². The van der Waals surface area contributed by atoms with Gasteiger partial charge in [-0.15, -0.1) is 0 Å². The van der Waals surface area contributed by atoms with Gasteiger partial charge in [-0.25, -0.2) is 0 Å². The second-order valence-corrected chi connectivity index (χ2v) is 5.62. The first-order valence-corrected chi connectivity index (χ1v) is 7.73. The Morgan fingerprint density at radius 3 is 2.91 bits per heavy atom. The Morgan fingerprint density at radius 1 is 1.27 bits per heavy atom. The lowest BCUT2D eigenvalue weighted by Crippen LogP contribution is -2.13. The number of anilines is 2. The normalized spacial score (nSPS) is 10.3. The fourth-order valence-corrected chi connectivity index (χ4v) is 2.28. The number of halogens is 1. The first-order valence-electron chi connectivity index (χ1n) is 6.94. The lowest BCUT2D eigenvalue weighted by molar-refractivity contribution is 0.102. The average molecular weight is 364 g/mol. The van der Waals surface area contributed by atoms with Gasteiger partial charge in [0.25, 0.3) is 5.91 Å². The van der Waals surface area contributed by atoms with Crippen LogP contribution in [0.5, 0.6) is 0 Å². The van der Waals surface area contributed by atoms with E-state index in [2.05, 4.69) is 31.5 Å². The quantitative estimate of drug-likeness (QED) is 0.738. The number of carbonyl (C=O) groups is 1. The molecule has 1 heterocycles. The number of pyridine rings is 1. The van der Waals surface area contributed by atoms with Crippen molar-refractivity contribution in [1.82, 2.24) is 4.98 Å². The number of nitrogens with zero attached hydrogens (tertiary/aromatic N) is 1. The van der Waals surface area contributed by atoms with Crippen molar-refractivity contribution in [3.63, 3.8) is 0 Å². The van der Waals surface area contributed by atoms with Gasteiger partial charge < -0.3 is 15.4 Å². The lowest BCUT2D eigenvalue weighted by Gasteiger charge is -2.08. The molecule has 0 unspecified atom stereocenters. The summed E-state index contributed by atoms with van der Waals surface area (Å²) in [7, 11) is 1.68. The minimum Gasteiger partial charge on any atom is -0.385 e. The number of hydrogen-bond donors (Lipinski definition) is 2. The van der Waals surface area contributed by atoms with Crippen molar-refractivity contribution in [2.45, 2.75) is 6.42 Å². The number of nitrogens with one attached hydrogen (secondary N) is 2. The van der Waals surface area contributed by atoms with Crippen LogP contribution in [0.25, 0.3) is 0 Å². The second-order valence-electron chi connectivity index (χ2n) is 4.70. The largest absolute Gasteiger partial charge is 0.385 e. The van der Waals surface area contributed by atoms with Crippen LogP contribution in [0, 0.1) is 0 Å². The van der Waals surface area contributed by atoms with E-state index in [0.29, 0.717) is 12.2 Å². The molecule has 0 saturated carbocycles. The topological polar surface area (TPSA) is 63.2 Å². The van der Waals surface area contributed by atoms with E-state index in [1.165, 1.54) is 0 Å². The van der Waals surface area contributed by atoms with Crippen LogP contribution in [0.15, 0.2) is 47.2 Å². The van der Waals surface area contributed by atoms with Gasteiger partial charge in [-0.05, 0) is 30.7 Å². The molecule has 0 bridgehead atoms. The van der Waals surface area contributed by atoms with Gasteiger partial charge in [-0.3, -0.25) is 9.78 Å². The third-order valence-corrected chi connectivity index (χ3v) is 3.43. The van der Waals surface area contributed by atoms with Gasteiger partial charge in [0.2, 0.25) is 0 Å². The SMILES string of the molecule is COCCCNc1cncc(C(=O)Nc2cccc(Br)c2)c1. The predicted molar refractivity (Wildman–Crippen MR) is 91.3 cm³/mol. The van der Waals surface area contributed by atoms with Gasteiger partial charge >= 0.3 is 0 Å². The van der Waals surface area contributed by atoms with Crippen LogP contribution >= 0.6 is 15.9 Å². The zero-order valence-corrected chi connectivity index (χ0v) is 13.9. The highest BCUT2D eigenvalue weighted by atomic mass is 79.9. The predicted octanol–water partition coefficient (Wildman–Crippen LogP) is 3.54. The van der Waals surface area contributed by atoms with Gasteiger partial charge in [-0.2, -0.15) is 0 Å². The number of methoxy groups -OCH3 is 1. The van der Waals surface area contributed by atoms with E-state index in [1.807, 2.05) is 24.3 Å². The van der Waals surface area contributed by atoms with E-state index in [0.717, 1.165) is 28.8 Å². The van der Waals surface area contributed by atoms with E-state index in [4.69, 9.17) is 4.74 Å². The van der Waals surface area contributed by atoms with E-state index in [9.17, 15) is 4.79 Å². The highest BCUT2D eigenvalue weighted by Gasteiger charge is 2.07. The smallest absolute Gasteiger partial charge is 0.257 e. The van der Waals surface area contributed by atoms with Crippen molar-refractivity contribution in [2.75, 3.05) is 30.9 Å². The second kappa shape index (κ2) is 8.51. The molecule has 22 heavy (non-hydrogen) atoms. The summed E-state index contributed by atoms with van der Waals surface area (Å²) in [6.45, 7) is 1.47. The molecular formula is C16H18BrN3O2. The average Bonchev–Trinajstić information content (AvgIpc) is 2.52. The minimum absolute atomic E-state index is 0.189. The molecule has 0 atom stereocenters. The molecule has 0 saturated heterocycles. The van der Waals surface area contributed by atoms with Gasteiger partial charge in [-0.1, -0.05) is 22.0 Å². The maximum atomic E-state index is 12.2. The van der Waals surface area contributed by atoms with E-state index in [-0.39, 0.29) is 5.91 Å². The molecule has 0 fully saturated rings. The Hall–Kier alpha value is -1.92. The van der Waals surface area contributed by atoms with Crippen LogP contribution in [-0.2, 0) is 4.74 Å². The zero-order valence-electron chi connectivity index (χ0n) is 12.3. The Bertz CT molecular complexity index is 634. The van der Waals surface area contributed by atoms with E-state index >= 15 is 0 Å². The van der Waals surface area contributed by atoms with Crippen LogP contribution in [0.1, 0.15) is 16.8 Å². The maximum Gasteiger partial charge on any atom is 0.257 e. The molecule has 2 aromatic rings. The number of carbonyl (C=O) groups excluding carboxylic acids is 1. The van der Waals surface area contributed by atoms with Crippen molar-refractivity contribution >= 4 is 33.2 Å². The van der Waals surface area contributed by atoms with Crippen molar-refractivity contribution in [1.29, 1.82) is 0 Å². The van der Waals surface area contributed by atoms with Crippen molar-refractivity contribution < 1.29 is 9.53 Å². The molecule has 1 aromatic heterocycles. The molecule has 116 valence electrons. The number of rotatable bonds is 7. The van der Waals surface area contributed by atoms with Gasteiger partial charge in [0.05, 0.1) is 11.3 Å². The summed E-state index contributed by atoms with van der Waals surface area (Å²) in [6.07, 6.45) is 4.14. The Balaban J connectivity index is 1.97. The molecule has 5 nitrogen and oxygen atoms in total. The summed E-state index contributed by atoms with van der Waals surface area (Å²) in [6, 6.07) is 9.24. The number of ether oxygens (including phenoxy) is 1. The molecule has 6 heteroatoms. The lowest BCUT2D eigenvalue weighted by atomic mass is 10.2. The van der Waals surface area contributed by atoms with Crippen LogP contribution in [0.2, 0.25) is 0 Å². The molecular weight excluding hydrogens is 346 g/mol. The number of benzene rings is 1. The zero-order chi connectivity index (χ0) is 15.8. The standard InChI is InChI=1S/C16H18BrN3O2/c1-22-7-3-6-19-15-8-12(10-18-11-15)16(21)20-14-5-2-4-13(17)9-14/h2,4-5,8-11,19H,3,6-7H2,1H3,(H,20,21). The van der Waals surface area contributed by atoms with E-state index in [1.54, 1.807) is 25.6 Å². The molecule has 2 N–H and O–H groups in total. The van der Waals surface area contributed by atoms with Crippen molar-refractivity contribution in [3.8, 4) is 0 Å². The molecule has 0 aliphatic heterocycles. The van der Waals surface area contributed by atoms with Crippen molar-refractivity contribution in [2.24, 2.45) is 0 Å². The van der Waals surface area contributed by atoms with Crippen LogP contribution < -0.4 is 10.6 Å². The Morgan fingerprint density at radius 2 is 2.14 bits per heavy atom. The maximum absolute atomic E-state index is 12.2. The monoisotopic (exact) mass is 363 g/mol. The third kappa shape index (κ3) is 5.13. The first-order chi connectivity index (χ1) is 10.7. The van der Waals surface area contributed by atoms with Crippen LogP contribution in [0.4, 0.5) is 11.4 Å². The first kappa shape index (κ1) is 16.5. The van der Waals surface area contributed by atoms with E-state index < -0.39 is 0 Å². The summed E-state index contributed by atoms with van der Waals surface area (Å²) < 4.78 is 5.91. The summed E-state index contributed by atoms with van der Waals surface area (Å²) in [5.74, 6) is -0.189. The molecule has 0 spiro atoms. The number of aromatic nitrogens is 1. The Labute approximate surface area is 138 Å². The van der Waals surface area contributed by atoms with Crippen LogP contribution in [0.3, 0.4) is 0 Å². The van der Waals surface area contributed by atoms with Crippen molar-refractivity contribution in [3.05, 3.63) is 52.8 Å². The summed E-state index contributed by atoms with van der Waals surface area (Å²) in [4.78, 5) is 16.3. The van der Waals surface area contributed by atoms with Gasteiger partial charge in [0.1, 0.15) is 0 Å². The molecule has 0 aliphatic rings. The van der Waals surface area contributed by atoms with Gasteiger partial charge in [0, 0.05) is 42.8 Å². The number of amides is 1. The molecule has 0 radical (unpaired) electrons. The van der Waals surface area contributed by atoms with Crippen LogP contribution in [-0.4, -0.2) is 31.2 Å². The summed E-state index contributed by atoms with van der Waals surface area (Å²) in [5.41, 5.74) is 2.06. The molecule has 0 aliphatic carbocycles. The number of hydrogen-bond acceptors (Lipinski definition) is 4. The summed E-state index contributed by atoms with van der Waals surface area (Å²) >= 11 is 3.38. The minimum atomic E-state index is -0.189. The highest BCUT2D eigenvalue weighted by Crippen LogP contribution is 2.17. The Kier molecular flexibility index (Phi) is 6.36. The summed E-state index contributed by atoms with van der Waals surface area (Å²) in [5, 5.41) is 6.06. The third-order valence-electron chi connectivity index (χ3n) is 2.94. The fraction of sp³-hybridized carbons (Fsp3) is 0.250. The molecule has 1 aromatic carbocycles. The molecule has 1 amide bonds. The molecule has 2 rings (SSSR count). The highest BCUT2D eigenvalue weighted by molar-refractivity contribution is 9.10.